The number of benzene rings is 2. The van der Waals surface area contributed by atoms with Gasteiger partial charge < -0.3 is 9.47 Å². The van der Waals surface area contributed by atoms with E-state index in [4.69, 9.17) is 14.6 Å². The van der Waals surface area contributed by atoms with Gasteiger partial charge >= 0.3 is 0 Å². The van der Waals surface area contributed by atoms with Gasteiger partial charge in [0.15, 0.2) is 6.23 Å². The average molecular weight is 542 g/mol. The number of ether oxygens (including phenoxy) is 2. The largest absolute Gasteiger partial charge is 0.493 e. The molecule has 1 aromatic heterocycles. The van der Waals surface area contributed by atoms with Gasteiger partial charge in [-0.15, -0.1) is 0 Å². The molecule has 3 heterocycles. The van der Waals surface area contributed by atoms with Crippen molar-refractivity contribution in [2.45, 2.75) is 76.4 Å². The normalized spacial score (nSPS) is 26.0. The van der Waals surface area contributed by atoms with Crippen molar-refractivity contribution in [2.24, 2.45) is 0 Å². The summed E-state index contributed by atoms with van der Waals surface area (Å²) in [5.74, 6) is 0.854. The molecule has 2 fully saturated rings. The Morgan fingerprint density at radius 3 is 2.77 bits per heavy atom. The lowest BCUT2D eigenvalue weighted by molar-refractivity contribution is -0.0366. The van der Waals surface area contributed by atoms with E-state index < -0.39 is 5.67 Å². The number of aromatic nitrogens is 2. The van der Waals surface area contributed by atoms with Crippen molar-refractivity contribution in [3.8, 4) is 5.75 Å². The Balaban J connectivity index is 1.49. The van der Waals surface area contributed by atoms with E-state index in [2.05, 4.69) is 56.7 Å². The van der Waals surface area contributed by atoms with Gasteiger partial charge in [-0.25, -0.2) is 9.07 Å². The van der Waals surface area contributed by atoms with Crippen LogP contribution in [-0.2, 0) is 11.2 Å². The van der Waals surface area contributed by atoms with Crippen molar-refractivity contribution < 1.29 is 13.9 Å². The van der Waals surface area contributed by atoms with E-state index in [-0.39, 0.29) is 18.3 Å². The maximum Gasteiger partial charge on any atom is 0.150 e. The summed E-state index contributed by atoms with van der Waals surface area (Å²) in [7, 11) is 0. The minimum atomic E-state index is -1.07. The summed E-state index contributed by atoms with van der Waals surface area (Å²) < 4.78 is 30.4. The summed E-state index contributed by atoms with van der Waals surface area (Å²) in [5.41, 5.74) is 3.69. The van der Waals surface area contributed by atoms with Gasteiger partial charge in [0.2, 0.25) is 0 Å². The summed E-state index contributed by atoms with van der Waals surface area (Å²) >= 11 is 3.60. The van der Waals surface area contributed by atoms with E-state index in [0.29, 0.717) is 26.0 Å². The van der Waals surface area contributed by atoms with Crippen LogP contribution < -0.4 is 4.74 Å². The number of nitrogens with zero attached hydrogens (tertiary/aromatic N) is 3. The van der Waals surface area contributed by atoms with E-state index in [1.165, 1.54) is 22.9 Å². The molecule has 3 aromatic rings. The van der Waals surface area contributed by atoms with Gasteiger partial charge in [0.25, 0.3) is 0 Å². The molecule has 1 saturated carbocycles. The molecule has 1 aliphatic carbocycles. The molecule has 0 radical (unpaired) electrons. The van der Waals surface area contributed by atoms with Gasteiger partial charge in [0, 0.05) is 34.6 Å². The Labute approximate surface area is 214 Å². The third-order valence-corrected chi connectivity index (χ3v) is 8.37. The van der Waals surface area contributed by atoms with Crippen molar-refractivity contribution in [2.75, 3.05) is 19.8 Å². The van der Waals surface area contributed by atoms with E-state index in [9.17, 15) is 0 Å². The number of hydrogen-bond acceptors (Lipinski definition) is 4. The maximum absolute atomic E-state index is 15.2. The molecule has 7 heteroatoms. The highest BCUT2D eigenvalue weighted by molar-refractivity contribution is 9.10. The molecule has 0 N–H and O–H groups in total. The van der Waals surface area contributed by atoms with E-state index in [1.54, 1.807) is 0 Å². The van der Waals surface area contributed by atoms with Crippen LogP contribution in [-0.4, -0.2) is 46.1 Å². The van der Waals surface area contributed by atoms with Gasteiger partial charge in [0.1, 0.15) is 11.4 Å². The highest BCUT2D eigenvalue weighted by atomic mass is 79.9. The molecule has 6 rings (SSSR count). The highest BCUT2D eigenvalue weighted by Gasteiger charge is 2.48. The first-order valence-corrected chi connectivity index (χ1v) is 13.7. The molecule has 3 aliphatic rings. The van der Waals surface area contributed by atoms with Gasteiger partial charge in [-0.2, -0.15) is 5.10 Å². The molecule has 2 aliphatic heterocycles. The van der Waals surface area contributed by atoms with Crippen LogP contribution in [0.1, 0.15) is 74.9 Å². The Kier molecular flexibility index (Phi) is 6.14. The number of alkyl halides is 1. The second kappa shape index (κ2) is 9.16. The average Bonchev–Trinajstić information content (AvgIpc) is 3.42. The molecule has 35 heavy (non-hydrogen) atoms. The molecular weight excluding hydrogens is 509 g/mol. The van der Waals surface area contributed by atoms with Gasteiger partial charge in [0.05, 0.1) is 24.4 Å². The fraction of sp³-hybridized carbons (Fsp3) is 0.536. The third kappa shape index (κ3) is 4.30. The van der Waals surface area contributed by atoms with Crippen LogP contribution in [0.5, 0.6) is 5.75 Å². The van der Waals surface area contributed by atoms with Crippen LogP contribution in [0, 0.1) is 0 Å². The fourth-order valence-electron chi connectivity index (χ4n) is 5.90. The highest BCUT2D eigenvalue weighted by Crippen LogP contribution is 2.48. The zero-order valence-corrected chi connectivity index (χ0v) is 22.1. The Hall–Kier alpha value is -1.96. The first-order chi connectivity index (χ1) is 17.0. The van der Waals surface area contributed by atoms with Gasteiger partial charge in [-0.3, -0.25) is 4.90 Å². The molecule has 5 nitrogen and oxygen atoms in total. The molecule has 3 atom stereocenters. The molecule has 0 amide bonds. The van der Waals surface area contributed by atoms with Crippen LogP contribution in [0.2, 0.25) is 0 Å². The summed E-state index contributed by atoms with van der Waals surface area (Å²) in [6.07, 6.45) is 7.47. The van der Waals surface area contributed by atoms with E-state index in [0.717, 1.165) is 47.2 Å². The van der Waals surface area contributed by atoms with Crippen LogP contribution in [0.3, 0.4) is 0 Å². The van der Waals surface area contributed by atoms with Crippen LogP contribution >= 0.6 is 15.9 Å². The lowest BCUT2D eigenvalue weighted by Gasteiger charge is -2.43. The van der Waals surface area contributed by atoms with E-state index >= 15 is 4.39 Å². The Morgan fingerprint density at radius 2 is 2.03 bits per heavy atom. The standard InChI is InChI=1S/C28H33BrFN3O2/c1-3-34-25-15-19(29)7-8-21(25)27-20-9-10-24-23(16-31-33(24)26-6-4-5-13-35-26)22(20)14-18(2)32(27)17-28(30)11-12-28/h7-10,15-16,18,26-27H,3-6,11-14,17H2,1-2H3/t18-,26?,27+/m1/s1. The minimum absolute atomic E-state index is 0.00454. The molecule has 0 spiro atoms. The predicted octanol–water partition coefficient (Wildman–Crippen LogP) is 6.73. The Morgan fingerprint density at radius 1 is 1.20 bits per heavy atom. The third-order valence-electron chi connectivity index (χ3n) is 7.88. The Bertz CT molecular complexity index is 1230. The lowest BCUT2D eigenvalue weighted by atomic mass is 9.83. The quantitative estimate of drug-likeness (QED) is 0.346. The first-order valence-electron chi connectivity index (χ1n) is 12.9. The lowest BCUT2D eigenvalue weighted by Crippen LogP contribution is -2.46. The fourth-order valence-corrected chi connectivity index (χ4v) is 6.24. The monoisotopic (exact) mass is 541 g/mol. The maximum atomic E-state index is 15.2. The minimum Gasteiger partial charge on any atom is -0.493 e. The van der Waals surface area contributed by atoms with Crippen LogP contribution in [0.25, 0.3) is 10.9 Å². The van der Waals surface area contributed by atoms with Crippen molar-refractivity contribution in [3.05, 3.63) is 57.7 Å². The molecular formula is C28H33BrFN3O2. The number of rotatable bonds is 6. The van der Waals surface area contributed by atoms with Crippen molar-refractivity contribution in [3.63, 3.8) is 0 Å². The zero-order chi connectivity index (χ0) is 24.2. The number of halogens is 2. The zero-order valence-electron chi connectivity index (χ0n) is 20.5. The van der Waals surface area contributed by atoms with Crippen LogP contribution in [0.4, 0.5) is 4.39 Å². The summed E-state index contributed by atoms with van der Waals surface area (Å²) in [4.78, 5) is 2.36. The molecule has 2 aromatic carbocycles. The van der Waals surface area contributed by atoms with E-state index in [1.807, 2.05) is 19.2 Å². The molecule has 1 saturated heterocycles. The second-order valence-corrected chi connectivity index (χ2v) is 11.3. The predicted molar refractivity (Wildman–Crippen MR) is 139 cm³/mol. The SMILES string of the molecule is CCOc1cc(Br)ccc1[C@@H]1c2ccc3c(cnn3C3CCCCO3)c2C[C@@H](C)N1CC1(F)CC1. The van der Waals surface area contributed by atoms with Crippen LogP contribution in [0.15, 0.2) is 41.0 Å². The van der Waals surface area contributed by atoms with Crippen molar-refractivity contribution >= 4 is 26.8 Å². The molecule has 1 unspecified atom stereocenters. The summed E-state index contributed by atoms with van der Waals surface area (Å²) in [6, 6.07) is 10.8. The van der Waals surface area contributed by atoms with Gasteiger partial charge in [-0.05, 0) is 81.7 Å². The van der Waals surface area contributed by atoms with Crippen molar-refractivity contribution in [1.29, 1.82) is 0 Å². The summed E-state index contributed by atoms with van der Waals surface area (Å²) in [6.45, 7) is 6.06. The second-order valence-electron chi connectivity index (χ2n) is 10.4. The first kappa shape index (κ1) is 23.4. The van der Waals surface area contributed by atoms with Gasteiger partial charge in [-0.1, -0.05) is 28.1 Å². The summed E-state index contributed by atoms with van der Waals surface area (Å²) in [5, 5.41) is 5.97. The number of fused-ring (bicyclic) bond motifs is 3. The topological polar surface area (TPSA) is 39.5 Å². The number of hydrogen-bond donors (Lipinski definition) is 0. The van der Waals surface area contributed by atoms with Crippen molar-refractivity contribution in [1.82, 2.24) is 14.7 Å². The molecule has 186 valence electrons. The smallest absolute Gasteiger partial charge is 0.150 e. The molecule has 0 bridgehead atoms.